The maximum Gasteiger partial charge on any atom is 0.337 e. The molecule has 16 heavy (non-hydrogen) atoms. The van der Waals surface area contributed by atoms with Gasteiger partial charge in [-0.25, -0.2) is 4.79 Å². The van der Waals surface area contributed by atoms with E-state index in [1.807, 2.05) is 0 Å². The monoisotopic (exact) mass is 288 g/mol. The van der Waals surface area contributed by atoms with E-state index in [1.165, 1.54) is 14.2 Å². The summed E-state index contributed by atoms with van der Waals surface area (Å²) in [6, 6.07) is 4.79. The number of carbonyl (C=O) groups excluding carboxylic acids is 1. The molecule has 5 heteroatoms. The van der Waals surface area contributed by atoms with Gasteiger partial charge in [-0.15, -0.1) is 0 Å². The van der Waals surface area contributed by atoms with Gasteiger partial charge in [0, 0.05) is 10.9 Å². The number of benzene rings is 1. The minimum atomic E-state index is -0.723. The van der Waals surface area contributed by atoms with Crippen LogP contribution in [0.3, 0.4) is 0 Å². The summed E-state index contributed by atoms with van der Waals surface area (Å²) >= 11 is 3.17. The fourth-order valence-electron chi connectivity index (χ4n) is 1.32. The molecular weight excluding hydrogens is 276 g/mol. The van der Waals surface area contributed by atoms with Gasteiger partial charge in [0.2, 0.25) is 0 Å². The lowest BCUT2D eigenvalue weighted by molar-refractivity contribution is 0.0600. The predicted octanol–water partition coefficient (Wildman–Crippen LogP) is 1.91. The van der Waals surface area contributed by atoms with E-state index in [1.54, 1.807) is 18.2 Å². The van der Waals surface area contributed by atoms with E-state index in [-0.39, 0.29) is 0 Å². The normalized spacial score (nSPS) is 12.0. The summed E-state index contributed by atoms with van der Waals surface area (Å²) in [6.45, 7) is 0. The lowest BCUT2D eigenvalue weighted by Crippen LogP contribution is -2.06. The molecule has 0 aliphatic rings. The Bertz CT molecular complexity index is 378. The number of hydrogen-bond donors (Lipinski definition) is 1. The molecule has 1 rings (SSSR count). The molecule has 88 valence electrons. The molecule has 0 heterocycles. The Balaban J connectivity index is 3.15. The van der Waals surface area contributed by atoms with Gasteiger partial charge in [-0.1, -0.05) is 15.9 Å². The van der Waals surface area contributed by atoms with Crippen molar-refractivity contribution in [1.82, 2.24) is 0 Å². The first-order chi connectivity index (χ1) is 7.63. The van der Waals surface area contributed by atoms with Crippen LogP contribution in [-0.2, 0) is 4.74 Å². The van der Waals surface area contributed by atoms with Crippen LogP contribution in [0.1, 0.15) is 22.0 Å². The van der Waals surface area contributed by atoms with Crippen molar-refractivity contribution in [3.8, 4) is 5.75 Å². The quantitative estimate of drug-likeness (QED) is 0.679. The first-order valence-electron chi connectivity index (χ1n) is 4.64. The highest BCUT2D eigenvalue weighted by Crippen LogP contribution is 2.27. The van der Waals surface area contributed by atoms with Gasteiger partial charge in [0.05, 0.1) is 25.9 Å². The Morgan fingerprint density at radius 2 is 2.19 bits per heavy atom. The summed E-state index contributed by atoms with van der Waals surface area (Å²) in [6.07, 6.45) is -0.723. The van der Waals surface area contributed by atoms with E-state index in [4.69, 9.17) is 4.74 Å². The van der Waals surface area contributed by atoms with Crippen molar-refractivity contribution < 1.29 is 19.4 Å². The molecule has 0 radical (unpaired) electrons. The first-order valence-corrected chi connectivity index (χ1v) is 5.76. The lowest BCUT2D eigenvalue weighted by Gasteiger charge is -2.13. The number of methoxy groups -OCH3 is 2. The molecular formula is C11H13BrO4. The van der Waals surface area contributed by atoms with Crippen molar-refractivity contribution >= 4 is 21.9 Å². The minimum absolute atomic E-state index is 0.369. The lowest BCUT2D eigenvalue weighted by atomic mass is 10.1. The molecule has 0 aromatic heterocycles. The Labute approximate surface area is 102 Å². The van der Waals surface area contributed by atoms with E-state index in [9.17, 15) is 9.90 Å². The standard InChI is InChI=1S/C11H13BrO4/c1-15-10-4-3-7(11(14)16-2)5-8(10)9(13)6-12/h3-5,9,13H,6H2,1-2H3. The van der Waals surface area contributed by atoms with E-state index < -0.39 is 12.1 Å². The van der Waals surface area contributed by atoms with Gasteiger partial charge in [-0.2, -0.15) is 0 Å². The highest BCUT2D eigenvalue weighted by Gasteiger charge is 2.15. The van der Waals surface area contributed by atoms with Crippen LogP contribution in [-0.4, -0.2) is 30.6 Å². The Kier molecular flexibility index (Phi) is 4.76. The van der Waals surface area contributed by atoms with Crippen molar-refractivity contribution in [3.63, 3.8) is 0 Å². The van der Waals surface area contributed by atoms with Gasteiger partial charge in [-0.05, 0) is 18.2 Å². The topological polar surface area (TPSA) is 55.8 Å². The second-order valence-corrected chi connectivity index (χ2v) is 3.77. The van der Waals surface area contributed by atoms with Crippen LogP contribution in [0, 0.1) is 0 Å². The maximum atomic E-state index is 11.3. The Morgan fingerprint density at radius 1 is 1.50 bits per heavy atom. The number of alkyl halides is 1. The van der Waals surface area contributed by atoms with E-state index in [2.05, 4.69) is 20.7 Å². The summed E-state index contributed by atoms with van der Waals surface area (Å²) in [5.41, 5.74) is 0.945. The summed E-state index contributed by atoms with van der Waals surface area (Å²) in [5, 5.41) is 10.1. The van der Waals surface area contributed by atoms with Crippen LogP contribution in [0.5, 0.6) is 5.75 Å². The predicted molar refractivity (Wildman–Crippen MR) is 63.1 cm³/mol. The van der Waals surface area contributed by atoms with Crippen LogP contribution in [0.25, 0.3) is 0 Å². The summed E-state index contributed by atoms with van der Waals surface area (Å²) in [7, 11) is 2.82. The van der Waals surface area contributed by atoms with Gasteiger partial charge in [0.1, 0.15) is 5.75 Å². The number of halogens is 1. The number of rotatable bonds is 4. The van der Waals surface area contributed by atoms with Crippen LogP contribution in [0.2, 0.25) is 0 Å². The zero-order valence-electron chi connectivity index (χ0n) is 9.07. The van der Waals surface area contributed by atoms with Crippen molar-refractivity contribution in [2.24, 2.45) is 0 Å². The van der Waals surface area contributed by atoms with Crippen LogP contribution in [0.4, 0.5) is 0 Å². The molecule has 0 spiro atoms. The van der Waals surface area contributed by atoms with Crippen molar-refractivity contribution in [2.45, 2.75) is 6.10 Å². The Morgan fingerprint density at radius 3 is 2.69 bits per heavy atom. The highest BCUT2D eigenvalue weighted by atomic mass is 79.9. The zero-order chi connectivity index (χ0) is 12.1. The van der Waals surface area contributed by atoms with Gasteiger partial charge < -0.3 is 14.6 Å². The summed E-state index contributed by atoms with van der Waals surface area (Å²) in [4.78, 5) is 11.3. The molecule has 1 unspecified atom stereocenters. The molecule has 0 aliphatic heterocycles. The molecule has 0 saturated carbocycles. The molecule has 1 aromatic rings. The van der Waals surface area contributed by atoms with Gasteiger partial charge in [0.15, 0.2) is 0 Å². The number of hydrogen-bond acceptors (Lipinski definition) is 4. The molecule has 1 aromatic carbocycles. The SMILES string of the molecule is COC(=O)c1ccc(OC)c(C(O)CBr)c1. The van der Waals surface area contributed by atoms with Crippen LogP contribution in [0.15, 0.2) is 18.2 Å². The van der Waals surface area contributed by atoms with E-state index >= 15 is 0 Å². The third kappa shape index (κ3) is 2.74. The molecule has 1 atom stereocenters. The van der Waals surface area contributed by atoms with Crippen molar-refractivity contribution in [3.05, 3.63) is 29.3 Å². The van der Waals surface area contributed by atoms with E-state index in [0.717, 1.165) is 0 Å². The number of ether oxygens (including phenoxy) is 2. The van der Waals surface area contributed by atoms with Gasteiger partial charge in [-0.3, -0.25) is 0 Å². The fourth-order valence-corrected chi connectivity index (χ4v) is 1.67. The zero-order valence-corrected chi connectivity index (χ0v) is 10.7. The maximum absolute atomic E-state index is 11.3. The average molecular weight is 289 g/mol. The summed E-state index contributed by atoms with van der Waals surface area (Å²) < 4.78 is 9.71. The van der Waals surface area contributed by atoms with Crippen molar-refractivity contribution in [2.75, 3.05) is 19.5 Å². The molecule has 0 saturated heterocycles. The molecule has 0 fully saturated rings. The molecule has 1 N–H and O–H groups in total. The highest BCUT2D eigenvalue weighted by molar-refractivity contribution is 9.09. The molecule has 0 aliphatic carbocycles. The minimum Gasteiger partial charge on any atom is -0.496 e. The van der Waals surface area contributed by atoms with Crippen LogP contribution >= 0.6 is 15.9 Å². The second-order valence-electron chi connectivity index (χ2n) is 3.12. The molecule has 0 bridgehead atoms. The third-order valence-corrected chi connectivity index (χ3v) is 2.77. The first kappa shape index (κ1) is 13.0. The molecule has 4 nitrogen and oxygen atoms in total. The van der Waals surface area contributed by atoms with Crippen LogP contribution < -0.4 is 4.74 Å². The van der Waals surface area contributed by atoms with E-state index in [0.29, 0.717) is 22.2 Å². The second kappa shape index (κ2) is 5.86. The van der Waals surface area contributed by atoms with Gasteiger partial charge in [0.25, 0.3) is 0 Å². The van der Waals surface area contributed by atoms with Crippen molar-refractivity contribution in [1.29, 1.82) is 0 Å². The fraction of sp³-hybridized carbons (Fsp3) is 0.364. The number of aliphatic hydroxyl groups excluding tert-OH is 1. The average Bonchev–Trinajstić information content (AvgIpc) is 2.35. The van der Waals surface area contributed by atoms with Gasteiger partial charge >= 0.3 is 5.97 Å². The number of carbonyl (C=O) groups is 1. The number of aliphatic hydroxyl groups is 1. The smallest absolute Gasteiger partial charge is 0.337 e. The number of esters is 1. The largest absolute Gasteiger partial charge is 0.496 e. The third-order valence-electron chi connectivity index (χ3n) is 2.16. The molecule has 0 amide bonds. The Hall–Kier alpha value is -1.07. The summed E-state index contributed by atoms with van der Waals surface area (Å²) in [5.74, 6) is 0.102.